The second-order valence-electron chi connectivity index (χ2n) is 4.11. The first kappa shape index (κ1) is 13.0. The van der Waals surface area contributed by atoms with Gasteiger partial charge < -0.3 is 11.1 Å². The Morgan fingerprint density at radius 1 is 1.37 bits per heavy atom. The highest BCUT2D eigenvalue weighted by atomic mass is 19.1. The molecule has 0 aliphatic rings. The summed E-state index contributed by atoms with van der Waals surface area (Å²) in [6.07, 6.45) is 4.06. The summed E-state index contributed by atoms with van der Waals surface area (Å²) < 4.78 is 13.4. The minimum absolute atomic E-state index is 0.0359. The van der Waals surface area contributed by atoms with Gasteiger partial charge in [-0.2, -0.15) is 0 Å². The molecule has 0 spiro atoms. The van der Waals surface area contributed by atoms with Crippen molar-refractivity contribution in [1.82, 2.24) is 10.3 Å². The van der Waals surface area contributed by atoms with Crippen LogP contribution in [0.5, 0.6) is 0 Å². The van der Waals surface area contributed by atoms with E-state index in [9.17, 15) is 9.18 Å². The van der Waals surface area contributed by atoms with Crippen molar-refractivity contribution in [3.63, 3.8) is 0 Å². The molecule has 0 radical (unpaired) electrons. The Morgan fingerprint density at radius 3 is 2.95 bits per heavy atom. The highest BCUT2D eigenvalue weighted by Gasteiger charge is 2.11. The molecule has 1 amide bonds. The normalized spacial score (nSPS) is 10.2. The maximum atomic E-state index is 13.4. The second-order valence-corrected chi connectivity index (χ2v) is 4.11. The first-order valence-corrected chi connectivity index (χ1v) is 5.89. The molecule has 0 saturated heterocycles. The van der Waals surface area contributed by atoms with E-state index in [1.165, 1.54) is 18.2 Å². The number of nitrogens with zero attached hydrogens (tertiary/aromatic N) is 1. The van der Waals surface area contributed by atoms with Gasteiger partial charge in [-0.1, -0.05) is 6.07 Å². The Morgan fingerprint density at radius 2 is 2.21 bits per heavy atom. The molecule has 0 aliphatic carbocycles. The van der Waals surface area contributed by atoms with Crippen LogP contribution in [0.15, 0.2) is 42.7 Å². The highest BCUT2D eigenvalue weighted by Crippen LogP contribution is 2.11. The quantitative estimate of drug-likeness (QED) is 0.822. The molecular formula is C14H14FN3O. The lowest BCUT2D eigenvalue weighted by Gasteiger charge is -2.06. The van der Waals surface area contributed by atoms with Crippen molar-refractivity contribution in [3.8, 4) is 0 Å². The fraction of sp³-hybridized carbons (Fsp3) is 0.143. The number of nitrogen functional groups attached to an aromatic ring is 1. The monoisotopic (exact) mass is 259 g/mol. The Kier molecular flexibility index (Phi) is 4.07. The lowest BCUT2D eigenvalue weighted by Crippen LogP contribution is -2.26. The van der Waals surface area contributed by atoms with E-state index in [1.54, 1.807) is 12.4 Å². The fourth-order valence-corrected chi connectivity index (χ4v) is 1.68. The van der Waals surface area contributed by atoms with Crippen molar-refractivity contribution in [2.45, 2.75) is 6.42 Å². The van der Waals surface area contributed by atoms with Crippen molar-refractivity contribution in [2.75, 3.05) is 12.3 Å². The minimum atomic E-state index is -0.576. The number of halogens is 1. The zero-order valence-corrected chi connectivity index (χ0v) is 10.3. The summed E-state index contributed by atoms with van der Waals surface area (Å²) in [6.45, 7) is 0.415. The zero-order chi connectivity index (χ0) is 13.7. The highest BCUT2D eigenvalue weighted by molar-refractivity contribution is 5.95. The smallest absolute Gasteiger partial charge is 0.254 e. The van der Waals surface area contributed by atoms with E-state index in [1.807, 2.05) is 12.1 Å². The molecule has 98 valence electrons. The first-order chi connectivity index (χ1) is 9.16. The van der Waals surface area contributed by atoms with Crippen molar-refractivity contribution >= 4 is 11.6 Å². The maximum absolute atomic E-state index is 13.4. The predicted octanol–water partition coefficient (Wildman–Crippen LogP) is 1.78. The summed E-state index contributed by atoms with van der Waals surface area (Å²) >= 11 is 0. The van der Waals surface area contributed by atoms with E-state index in [4.69, 9.17) is 5.73 Å². The van der Waals surface area contributed by atoms with E-state index in [0.29, 0.717) is 18.7 Å². The van der Waals surface area contributed by atoms with Crippen molar-refractivity contribution < 1.29 is 9.18 Å². The number of nitrogens with two attached hydrogens (primary N) is 1. The van der Waals surface area contributed by atoms with Crippen LogP contribution >= 0.6 is 0 Å². The van der Waals surface area contributed by atoms with Crippen LogP contribution < -0.4 is 11.1 Å². The molecule has 1 heterocycles. The second kappa shape index (κ2) is 5.95. The zero-order valence-electron chi connectivity index (χ0n) is 10.3. The number of anilines is 1. The number of aromatic nitrogens is 1. The average Bonchev–Trinajstić information content (AvgIpc) is 2.42. The van der Waals surface area contributed by atoms with Crippen LogP contribution in [0.3, 0.4) is 0 Å². The summed E-state index contributed by atoms with van der Waals surface area (Å²) in [6, 6.07) is 7.68. The van der Waals surface area contributed by atoms with E-state index in [0.717, 1.165) is 5.56 Å². The number of nitrogens with one attached hydrogen (secondary N) is 1. The number of hydrogen-bond donors (Lipinski definition) is 2. The SMILES string of the molecule is Nc1ccc(F)c(C(=O)NCCc2cccnc2)c1. The van der Waals surface area contributed by atoms with Crippen LogP contribution in [0, 0.1) is 5.82 Å². The largest absolute Gasteiger partial charge is 0.399 e. The van der Waals surface area contributed by atoms with Crippen molar-refractivity contribution in [3.05, 3.63) is 59.7 Å². The van der Waals surface area contributed by atoms with E-state index < -0.39 is 11.7 Å². The third kappa shape index (κ3) is 3.51. The molecule has 3 N–H and O–H groups in total. The van der Waals surface area contributed by atoms with Gasteiger partial charge in [-0.3, -0.25) is 9.78 Å². The van der Waals surface area contributed by atoms with Crippen molar-refractivity contribution in [1.29, 1.82) is 0 Å². The molecule has 1 aromatic carbocycles. The van der Waals surface area contributed by atoms with E-state index in [-0.39, 0.29) is 5.56 Å². The van der Waals surface area contributed by atoms with Crippen LogP contribution in [0.25, 0.3) is 0 Å². The van der Waals surface area contributed by atoms with Crippen LogP contribution in [0.1, 0.15) is 15.9 Å². The summed E-state index contributed by atoms with van der Waals surface area (Å²) in [4.78, 5) is 15.8. The molecule has 2 rings (SSSR count). The number of carbonyl (C=O) groups excluding carboxylic acids is 1. The molecule has 2 aromatic rings. The number of carbonyl (C=O) groups is 1. The van der Waals surface area contributed by atoms with E-state index >= 15 is 0 Å². The van der Waals surface area contributed by atoms with Gasteiger partial charge >= 0.3 is 0 Å². The van der Waals surface area contributed by atoms with Gasteiger partial charge in [-0.25, -0.2) is 4.39 Å². The topological polar surface area (TPSA) is 68.0 Å². The number of benzene rings is 1. The molecular weight excluding hydrogens is 245 g/mol. The predicted molar refractivity (Wildman–Crippen MR) is 71.1 cm³/mol. The molecule has 5 heteroatoms. The molecule has 0 unspecified atom stereocenters. The van der Waals surface area contributed by atoms with Gasteiger partial charge in [-0.05, 0) is 36.2 Å². The molecule has 0 fully saturated rings. The Balaban J connectivity index is 1.93. The van der Waals surface area contributed by atoms with Gasteiger partial charge in [0.1, 0.15) is 5.82 Å². The lowest BCUT2D eigenvalue weighted by molar-refractivity contribution is 0.0950. The number of pyridine rings is 1. The third-order valence-corrected chi connectivity index (χ3v) is 2.66. The number of amides is 1. The Labute approximate surface area is 110 Å². The lowest BCUT2D eigenvalue weighted by atomic mass is 10.1. The van der Waals surface area contributed by atoms with Crippen LogP contribution in [-0.4, -0.2) is 17.4 Å². The minimum Gasteiger partial charge on any atom is -0.399 e. The molecule has 1 aromatic heterocycles. The molecule has 4 nitrogen and oxygen atoms in total. The third-order valence-electron chi connectivity index (χ3n) is 2.66. The van der Waals surface area contributed by atoms with Crippen LogP contribution in [0.4, 0.5) is 10.1 Å². The summed E-state index contributed by atoms with van der Waals surface area (Å²) in [7, 11) is 0. The summed E-state index contributed by atoms with van der Waals surface area (Å²) in [5.41, 5.74) is 6.86. The van der Waals surface area contributed by atoms with Crippen LogP contribution in [0.2, 0.25) is 0 Å². The molecule has 0 saturated carbocycles. The summed E-state index contributed by atoms with van der Waals surface area (Å²) in [5.74, 6) is -1.04. The number of hydrogen-bond acceptors (Lipinski definition) is 3. The first-order valence-electron chi connectivity index (χ1n) is 5.89. The van der Waals surface area contributed by atoms with Gasteiger partial charge in [0.05, 0.1) is 5.56 Å². The van der Waals surface area contributed by atoms with Gasteiger partial charge in [0, 0.05) is 24.6 Å². The van der Waals surface area contributed by atoms with Gasteiger partial charge in [0.25, 0.3) is 5.91 Å². The Hall–Kier alpha value is -2.43. The van der Waals surface area contributed by atoms with Crippen molar-refractivity contribution in [2.24, 2.45) is 0 Å². The van der Waals surface area contributed by atoms with Gasteiger partial charge in [-0.15, -0.1) is 0 Å². The fourth-order valence-electron chi connectivity index (χ4n) is 1.68. The molecule has 19 heavy (non-hydrogen) atoms. The average molecular weight is 259 g/mol. The van der Waals surface area contributed by atoms with Crippen LogP contribution in [-0.2, 0) is 6.42 Å². The molecule has 0 atom stereocenters. The maximum Gasteiger partial charge on any atom is 0.254 e. The molecule has 0 aliphatic heterocycles. The Bertz CT molecular complexity index is 572. The van der Waals surface area contributed by atoms with E-state index in [2.05, 4.69) is 10.3 Å². The standard InChI is InChI=1S/C14H14FN3O/c15-13-4-3-11(16)8-12(13)14(19)18-7-5-10-2-1-6-17-9-10/h1-4,6,8-9H,5,7,16H2,(H,18,19). The number of rotatable bonds is 4. The van der Waals surface area contributed by atoms with Gasteiger partial charge in [0.2, 0.25) is 0 Å². The van der Waals surface area contributed by atoms with Gasteiger partial charge in [0.15, 0.2) is 0 Å². The molecule has 0 bridgehead atoms. The summed E-state index contributed by atoms with van der Waals surface area (Å²) in [5, 5.41) is 2.65.